The highest BCUT2D eigenvalue weighted by Crippen LogP contribution is 2.16. The number of rotatable bonds is 7. The molecule has 0 aliphatic carbocycles. The van der Waals surface area contributed by atoms with Gasteiger partial charge < -0.3 is 10.0 Å². The zero-order chi connectivity index (χ0) is 16.9. The van der Waals surface area contributed by atoms with Crippen LogP contribution in [0.5, 0.6) is 0 Å². The average Bonchev–Trinajstić information content (AvgIpc) is 2.43. The van der Waals surface area contributed by atoms with E-state index in [2.05, 4.69) is 0 Å². The molecule has 0 bridgehead atoms. The topological polar surface area (TPSA) is 91.8 Å². The number of carboxylic acid groups (broad SMARTS) is 1. The fourth-order valence-corrected chi connectivity index (χ4v) is 3.16. The van der Waals surface area contributed by atoms with Crippen molar-refractivity contribution < 1.29 is 23.1 Å². The molecule has 1 atom stereocenters. The van der Waals surface area contributed by atoms with Gasteiger partial charge in [-0.15, -0.1) is 0 Å². The normalized spacial score (nSPS) is 12.7. The molecule has 1 rings (SSSR count). The Bertz CT molecular complexity index is 642. The van der Waals surface area contributed by atoms with Crippen LogP contribution in [0.3, 0.4) is 0 Å². The molecule has 0 spiro atoms. The lowest BCUT2D eigenvalue weighted by Gasteiger charge is -2.26. The maximum atomic E-state index is 12.2. The molecule has 6 nitrogen and oxygen atoms in total. The number of hydrogen-bond donors (Lipinski definition) is 1. The van der Waals surface area contributed by atoms with Crippen LogP contribution in [0.1, 0.15) is 20.3 Å². The van der Waals surface area contributed by atoms with Gasteiger partial charge in [0.25, 0.3) is 0 Å². The van der Waals surface area contributed by atoms with E-state index >= 15 is 0 Å². The first-order valence-corrected chi connectivity index (χ1v) is 8.70. The molecule has 0 saturated heterocycles. The maximum absolute atomic E-state index is 12.2. The van der Waals surface area contributed by atoms with E-state index in [0.717, 1.165) is 4.90 Å². The Hall–Kier alpha value is -1.60. The SMILES string of the molecule is CCC(C)N(CC(=O)O)C(=O)CS(=O)(=O)c1ccc(Cl)cc1. The summed E-state index contributed by atoms with van der Waals surface area (Å²) >= 11 is 5.70. The van der Waals surface area contributed by atoms with Crippen LogP contribution < -0.4 is 0 Å². The summed E-state index contributed by atoms with van der Waals surface area (Å²) in [4.78, 5) is 24.1. The van der Waals surface area contributed by atoms with E-state index in [1.54, 1.807) is 13.8 Å². The third-order valence-electron chi connectivity index (χ3n) is 3.24. The first-order valence-electron chi connectivity index (χ1n) is 6.67. The van der Waals surface area contributed by atoms with Crippen LogP contribution in [-0.2, 0) is 19.4 Å². The number of nitrogens with zero attached hydrogens (tertiary/aromatic N) is 1. The van der Waals surface area contributed by atoms with Crippen molar-refractivity contribution in [1.82, 2.24) is 4.90 Å². The third-order valence-corrected chi connectivity index (χ3v) is 5.10. The minimum Gasteiger partial charge on any atom is -0.480 e. The Kier molecular flexibility index (Phi) is 6.37. The number of carboxylic acids is 1. The molecular weight excluding hydrogens is 330 g/mol. The lowest BCUT2D eigenvalue weighted by molar-refractivity contribution is -0.144. The van der Waals surface area contributed by atoms with Crippen LogP contribution in [0.4, 0.5) is 0 Å². The molecule has 0 radical (unpaired) electrons. The minimum absolute atomic E-state index is 0.0234. The van der Waals surface area contributed by atoms with Crippen molar-refractivity contribution in [2.24, 2.45) is 0 Å². The fourth-order valence-electron chi connectivity index (χ4n) is 1.83. The van der Waals surface area contributed by atoms with Crippen LogP contribution >= 0.6 is 11.6 Å². The van der Waals surface area contributed by atoms with Crippen molar-refractivity contribution in [2.45, 2.75) is 31.2 Å². The summed E-state index contributed by atoms with van der Waals surface area (Å²) < 4.78 is 24.4. The van der Waals surface area contributed by atoms with Crippen molar-refractivity contribution in [1.29, 1.82) is 0 Å². The van der Waals surface area contributed by atoms with Crippen LogP contribution in [0.25, 0.3) is 0 Å². The Morgan fingerprint density at radius 2 is 1.82 bits per heavy atom. The lowest BCUT2D eigenvalue weighted by atomic mass is 10.2. The van der Waals surface area contributed by atoms with Crippen LogP contribution in [0, 0.1) is 0 Å². The van der Waals surface area contributed by atoms with Gasteiger partial charge in [0.15, 0.2) is 9.84 Å². The molecule has 0 saturated carbocycles. The number of carbonyl (C=O) groups excluding carboxylic acids is 1. The number of aliphatic carboxylic acids is 1. The van der Waals surface area contributed by atoms with Gasteiger partial charge in [0.05, 0.1) is 4.90 Å². The molecule has 1 N–H and O–H groups in total. The van der Waals surface area contributed by atoms with Gasteiger partial charge in [-0.25, -0.2) is 8.42 Å². The second-order valence-corrected chi connectivity index (χ2v) is 7.31. The van der Waals surface area contributed by atoms with Crippen molar-refractivity contribution in [3.8, 4) is 0 Å². The van der Waals surface area contributed by atoms with E-state index in [0.29, 0.717) is 11.4 Å². The van der Waals surface area contributed by atoms with E-state index in [9.17, 15) is 18.0 Å². The van der Waals surface area contributed by atoms with Gasteiger partial charge in [-0.2, -0.15) is 0 Å². The minimum atomic E-state index is -3.84. The highest BCUT2D eigenvalue weighted by Gasteiger charge is 2.27. The molecule has 8 heteroatoms. The highest BCUT2D eigenvalue weighted by molar-refractivity contribution is 7.92. The quantitative estimate of drug-likeness (QED) is 0.812. The molecule has 1 aromatic carbocycles. The first kappa shape index (κ1) is 18.4. The molecule has 22 heavy (non-hydrogen) atoms. The van der Waals surface area contributed by atoms with Crippen LogP contribution in [0.15, 0.2) is 29.2 Å². The lowest BCUT2D eigenvalue weighted by Crippen LogP contribution is -2.44. The molecule has 0 aromatic heterocycles. The average molecular weight is 348 g/mol. The number of amides is 1. The third kappa shape index (κ3) is 4.99. The summed E-state index contributed by atoms with van der Waals surface area (Å²) in [5.74, 6) is -2.68. The van der Waals surface area contributed by atoms with Crippen LogP contribution in [-0.4, -0.2) is 48.6 Å². The summed E-state index contributed by atoms with van der Waals surface area (Å²) in [6, 6.07) is 5.11. The van der Waals surface area contributed by atoms with Gasteiger partial charge in [-0.1, -0.05) is 18.5 Å². The number of halogens is 1. The Balaban J connectivity index is 2.96. The van der Waals surface area contributed by atoms with E-state index < -0.39 is 34.0 Å². The molecular formula is C14H18ClNO5S. The number of hydrogen-bond acceptors (Lipinski definition) is 4. The Morgan fingerprint density at radius 3 is 2.27 bits per heavy atom. The van der Waals surface area contributed by atoms with Crippen LogP contribution in [0.2, 0.25) is 5.02 Å². The van der Waals surface area contributed by atoms with E-state index in [1.807, 2.05) is 0 Å². The molecule has 122 valence electrons. The van der Waals surface area contributed by atoms with Gasteiger partial charge in [0.1, 0.15) is 12.3 Å². The van der Waals surface area contributed by atoms with Crippen molar-refractivity contribution in [3.63, 3.8) is 0 Å². The second kappa shape index (κ2) is 7.60. The van der Waals surface area contributed by atoms with Crippen molar-refractivity contribution in [3.05, 3.63) is 29.3 Å². The summed E-state index contributed by atoms with van der Waals surface area (Å²) in [5.41, 5.74) is 0. The predicted octanol–water partition coefficient (Wildman–Crippen LogP) is 1.83. The maximum Gasteiger partial charge on any atom is 0.323 e. The monoisotopic (exact) mass is 347 g/mol. The Labute approximate surface area is 134 Å². The molecule has 0 fully saturated rings. The van der Waals surface area contributed by atoms with E-state index in [4.69, 9.17) is 16.7 Å². The molecule has 0 heterocycles. The predicted molar refractivity (Wildman–Crippen MR) is 82.6 cm³/mol. The van der Waals surface area contributed by atoms with Crippen molar-refractivity contribution >= 4 is 33.3 Å². The zero-order valence-electron chi connectivity index (χ0n) is 12.3. The zero-order valence-corrected chi connectivity index (χ0v) is 13.9. The summed E-state index contributed by atoms with van der Waals surface area (Å²) in [5, 5.41) is 9.25. The number of sulfone groups is 1. The largest absolute Gasteiger partial charge is 0.480 e. The smallest absolute Gasteiger partial charge is 0.323 e. The van der Waals surface area contributed by atoms with Gasteiger partial charge >= 0.3 is 5.97 Å². The molecule has 0 aliphatic rings. The van der Waals surface area contributed by atoms with Gasteiger partial charge in [-0.05, 0) is 37.6 Å². The van der Waals surface area contributed by atoms with E-state index in [1.165, 1.54) is 24.3 Å². The fraction of sp³-hybridized carbons (Fsp3) is 0.429. The second-order valence-electron chi connectivity index (χ2n) is 4.89. The van der Waals surface area contributed by atoms with Gasteiger partial charge in [-0.3, -0.25) is 9.59 Å². The van der Waals surface area contributed by atoms with E-state index in [-0.39, 0.29) is 10.9 Å². The Morgan fingerprint density at radius 1 is 1.27 bits per heavy atom. The molecule has 1 unspecified atom stereocenters. The number of benzene rings is 1. The van der Waals surface area contributed by atoms with Gasteiger partial charge in [0, 0.05) is 11.1 Å². The standard InChI is InChI=1S/C14H18ClNO5S/c1-3-10(2)16(8-14(18)19)13(17)9-22(20,21)12-6-4-11(15)5-7-12/h4-7,10H,3,8-9H2,1-2H3,(H,18,19). The molecule has 0 aliphatic heterocycles. The summed E-state index contributed by atoms with van der Waals surface area (Å²) in [6.45, 7) is 2.94. The van der Waals surface area contributed by atoms with Gasteiger partial charge in [0.2, 0.25) is 5.91 Å². The summed E-state index contributed by atoms with van der Waals surface area (Å²) in [7, 11) is -3.84. The molecule has 1 amide bonds. The van der Waals surface area contributed by atoms with Crippen molar-refractivity contribution in [2.75, 3.05) is 12.3 Å². The summed E-state index contributed by atoms with van der Waals surface area (Å²) in [6.07, 6.45) is 0.528. The molecule has 1 aromatic rings. The number of carbonyl (C=O) groups is 2. The first-order chi connectivity index (χ1) is 10.2. The highest BCUT2D eigenvalue weighted by atomic mass is 35.5.